The van der Waals surface area contributed by atoms with Crippen molar-refractivity contribution in [3.05, 3.63) is 27.8 Å². The molecule has 0 aliphatic heterocycles. The molecule has 0 aliphatic carbocycles. The zero-order valence-corrected chi connectivity index (χ0v) is 12.9. The van der Waals surface area contributed by atoms with Crippen LogP contribution in [-0.2, 0) is 17.6 Å². The summed E-state index contributed by atoms with van der Waals surface area (Å²) in [5, 5.41) is 10.4. The van der Waals surface area contributed by atoms with Gasteiger partial charge < -0.3 is 14.6 Å². The van der Waals surface area contributed by atoms with Crippen molar-refractivity contribution >= 4 is 11.3 Å². The summed E-state index contributed by atoms with van der Waals surface area (Å²) in [6.45, 7) is 5.55. The Morgan fingerprint density at radius 2 is 2.30 bits per heavy atom. The Hall–Kier alpha value is -1.31. The first-order valence-corrected chi connectivity index (χ1v) is 7.54. The standard InChI is InChI=1S/C13H20N4O2S/c1-4-14-10(7-18-3)6-13-16-12(17-19-13)5-11-8-20-9(2)15-11/h8,10,14H,4-7H2,1-3H3. The smallest absolute Gasteiger partial charge is 0.228 e. The van der Waals surface area contributed by atoms with Gasteiger partial charge in [0.05, 0.1) is 23.7 Å². The van der Waals surface area contributed by atoms with Crippen molar-refractivity contribution in [2.24, 2.45) is 0 Å². The Balaban J connectivity index is 1.94. The van der Waals surface area contributed by atoms with Gasteiger partial charge in [0.15, 0.2) is 5.82 Å². The maximum Gasteiger partial charge on any atom is 0.228 e. The molecule has 0 spiro atoms. The van der Waals surface area contributed by atoms with Gasteiger partial charge in [-0.15, -0.1) is 11.3 Å². The molecule has 0 amide bonds. The number of rotatable bonds is 8. The molecular formula is C13H20N4O2S. The fourth-order valence-electron chi connectivity index (χ4n) is 1.99. The lowest BCUT2D eigenvalue weighted by molar-refractivity contribution is 0.162. The first-order chi connectivity index (χ1) is 9.71. The number of ether oxygens (including phenoxy) is 1. The summed E-state index contributed by atoms with van der Waals surface area (Å²) in [6.07, 6.45) is 1.29. The zero-order chi connectivity index (χ0) is 14.4. The first-order valence-electron chi connectivity index (χ1n) is 6.66. The third-order valence-corrected chi connectivity index (χ3v) is 3.62. The second-order valence-corrected chi connectivity index (χ2v) is 5.62. The lowest BCUT2D eigenvalue weighted by Gasteiger charge is -2.14. The average molecular weight is 296 g/mol. The van der Waals surface area contributed by atoms with Crippen LogP contribution in [0.25, 0.3) is 0 Å². The number of nitrogens with zero attached hydrogens (tertiary/aromatic N) is 3. The molecule has 0 saturated carbocycles. The fraction of sp³-hybridized carbons (Fsp3) is 0.615. The third-order valence-electron chi connectivity index (χ3n) is 2.80. The number of thiazole rings is 1. The summed E-state index contributed by atoms with van der Waals surface area (Å²) < 4.78 is 10.5. The van der Waals surface area contributed by atoms with Crippen LogP contribution in [0.5, 0.6) is 0 Å². The van der Waals surface area contributed by atoms with Crippen LogP contribution in [0.4, 0.5) is 0 Å². The average Bonchev–Trinajstić information content (AvgIpc) is 3.00. The molecule has 2 heterocycles. The molecule has 0 aromatic carbocycles. The van der Waals surface area contributed by atoms with Crippen LogP contribution in [0, 0.1) is 6.92 Å². The van der Waals surface area contributed by atoms with Crippen molar-refractivity contribution < 1.29 is 9.26 Å². The van der Waals surface area contributed by atoms with Gasteiger partial charge >= 0.3 is 0 Å². The molecule has 0 fully saturated rings. The van der Waals surface area contributed by atoms with Crippen LogP contribution in [0.3, 0.4) is 0 Å². The first kappa shape index (κ1) is 15.1. The molecule has 2 rings (SSSR count). The van der Waals surface area contributed by atoms with E-state index < -0.39 is 0 Å². The summed E-state index contributed by atoms with van der Waals surface area (Å²) >= 11 is 1.63. The Morgan fingerprint density at radius 3 is 2.95 bits per heavy atom. The van der Waals surface area contributed by atoms with E-state index in [1.165, 1.54) is 0 Å². The largest absolute Gasteiger partial charge is 0.383 e. The van der Waals surface area contributed by atoms with Crippen LogP contribution in [0.2, 0.25) is 0 Å². The van der Waals surface area contributed by atoms with Crippen LogP contribution < -0.4 is 5.32 Å². The van der Waals surface area contributed by atoms with Crippen molar-refractivity contribution in [1.82, 2.24) is 20.4 Å². The molecule has 1 unspecified atom stereocenters. The number of aryl methyl sites for hydroxylation is 1. The zero-order valence-electron chi connectivity index (χ0n) is 12.0. The molecule has 0 saturated heterocycles. The SMILES string of the molecule is CCNC(COC)Cc1nc(Cc2csc(C)n2)no1. The van der Waals surface area contributed by atoms with Gasteiger partial charge in [0.1, 0.15) is 0 Å². The molecule has 2 aromatic heterocycles. The van der Waals surface area contributed by atoms with Crippen LogP contribution in [0.1, 0.15) is 29.3 Å². The van der Waals surface area contributed by atoms with Gasteiger partial charge in [-0.2, -0.15) is 4.98 Å². The number of hydrogen-bond acceptors (Lipinski definition) is 7. The van der Waals surface area contributed by atoms with E-state index in [0.29, 0.717) is 31.2 Å². The molecule has 110 valence electrons. The van der Waals surface area contributed by atoms with E-state index in [4.69, 9.17) is 9.26 Å². The van der Waals surface area contributed by atoms with E-state index >= 15 is 0 Å². The molecule has 0 bridgehead atoms. The molecule has 1 atom stereocenters. The number of aromatic nitrogens is 3. The van der Waals surface area contributed by atoms with Crippen molar-refractivity contribution in [2.45, 2.75) is 32.7 Å². The Kier molecular flexibility index (Phi) is 5.63. The van der Waals surface area contributed by atoms with Gasteiger partial charge in [-0.3, -0.25) is 0 Å². The lowest BCUT2D eigenvalue weighted by Crippen LogP contribution is -2.35. The van der Waals surface area contributed by atoms with E-state index in [2.05, 4.69) is 27.4 Å². The third kappa shape index (κ3) is 4.36. The minimum atomic E-state index is 0.194. The van der Waals surface area contributed by atoms with Crippen molar-refractivity contribution in [3.63, 3.8) is 0 Å². The topological polar surface area (TPSA) is 73.1 Å². The molecule has 0 aliphatic rings. The fourth-order valence-corrected chi connectivity index (χ4v) is 2.60. The number of likely N-dealkylation sites (N-methyl/N-ethyl adjacent to an activating group) is 1. The predicted octanol–water partition coefficient (Wildman–Crippen LogP) is 1.59. The Bertz CT molecular complexity index is 520. The highest BCUT2D eigenvalue weighted by Crippen LogP contribution is 2.12. The normalized spacial score (nSPS) is 12.8. The highest BCUT2D eigenvalue weighted by Gasteiger charge is 2.14. The lowest BCUT2D eigenvalue weighted by atomic mass is 10.2. The molecular weight excluding hydrogens is 276 g/mol. The van der Waals surface area contributed by atoms with Gasteiger partial charge in [-0.25, -0.2) is 4.98 Å². The number of methoxy groups -OCH3 is 1. The van der Waals surface area contributed by atoms with E-state index in [1.807, 2.05) is 12.3 Å². The van der Waals surface area contributed by atoms with E-state index in [-0.39, 0.29) is 6.04 Å². The summed E-state index contributed by atoms with van der Waals surface area (Å²) in [4.78, 5) is 8.81. The summed E-state index contributed by atoms with van der Waals surface area (Å²) in [7, 11) is 1.69. The van der Waals surface area contributed by atoms with Gasteiger partial charge in [-0.05, 0) is 13.5 Å². The molecule has 6 nitrogen and oxygen atoms in total. The summed E-state index contributed by atoms with van der Waals surface area (Å²) in [6, 6.07) is 0.194. The quantitative estimate of drug-likeness (QED) is 0.797. The number of hydrogen-bond donors (Lipinski definition) is 1. The van der Waals surface area contributed by atoms with Gasteiger partial charge in [-0.1, -0.05) is 12.1 Å². The Morgan fingerprint density at radius 1 is 1.45 bits per heavy atom. The maximum atomic E-state index is 5.29. The van der Waals surface area contributed by atoms with Gasteiger partial charge in [0.2, 0.25) is 5.89 Å². The predicted molar refractivity (Wildman–Crippen MR) is 77.0 cm³/mol. The second-order valence-electron chi connectivity index (χ2n) is 4.55. The Labute approximate surface area is 122 Å². The molecule has 2 aromatic rings. The van der Waals surface area contributed by atoms with E-state index in [1.54, 1.807) is 18.4 Å². The van der Waals surface area contributed by atoms with Crippen LogP contribution in [0.15, 0.2) is 9.90 Å². The van der Waals surface area contributed by atoms with Gasteiger partial charge in [0, 0.05) is 25.0 Å². The maximum absolute atomic E-state index is 5.29. The van der Waals surface area contributed by atoms with Crippen molar-refractivity contribution in [2.75, 3.05) is 20.3 Å². The molecule has 1 N–H and O–H groups in total. The van der Waals surface area contributed by atoms with Crippen LogP contribution >= 0.6 is 11.3 Å². The molecule has 20 heavy (non-hydrogen) atoms. The highest BCUT2D eigenvalue weighted by atomic mass is 32.1. The monoisotopic (exact) mass is 296 g/mol. The molecule has 0 radical (unpaired) electrons. The van der Waals surface area contributed by atoms with Crippen LogP contribution in [-0.4, -0.2) is 41.4 Å². The summed E-state index contributed by atoms with van der Waals surface area (Å²) in [5.74, 6) is 1.31. The van der Waals surface area contributed by atoms with E-state index in [0.717, 1.165) is 17.2 Å². The summed E-state index contributed by atoms with van der Waals surface area (Å²) in [5.41, 5.74) is 0.986. The second kappa shape index (κ2) is 7.47. The molecule has 7 heteroatoms. The van der Waals surface area contributed by atoms with Crippen molar-refractivity contribution in [1.29, 1.82) is 0 Å². The van der Waals surface area contributed by atoms with E-state index in [9.17, 15) is 0 Å². The van der Waals surface area contributed by atoms with Crippen molar-refractivity contribution in [3.8, 4) is 0 Å². The highest BCUT2D eigenvalue weighted by molar-refractivity contribution is 7.09. The minimum absolute atomic E-state index is 0.194. The number of nitrogens with one attached hydrogen (secondary N) is 1. The minimum Gasteiger partial charge on any atom is -0.383 e. The van der Waals surface area contributed by atoms with Gasteiger partial charge in [0.25, 0.3) is 0 Å².